The lowest BCUT2D eigenvalue weighted by Gasteiger charge is -2.26. The second kappa shape index (κ2) is 7.09. The van der Waals surface area contributed by atoms with E-state index in [1.54, 1.807) is 0 Å². The first-order valence-electron chi connectivity index (χ1n) is 7.39. The Morgan fingerprint density at radius 1 is 1.27 bits per heavy atom. The third-order valence-electron chi connectivity index (χ3n) is 3.78. The molecule has 1 aliphatic rings. The van der Waals surface area contributed by atoms with Gasteiger partial charge in [0.2, 0.25) is 15.9 Å². The molecule has 0 unspecified atom stereocenters. The van der Waals surface area contributed by atoms with Gasteiger partial charge in [-0.05, 0) is 25.0 Å². The number of carbonyl (C=O) groups excluding carboxylic acids is 1. The molecule has 1 fully saturated rings. The van der Waals surface area contributed by atoms with Crippen molar-refractivity contribution >= 4 is 21.6 Å². The predicted molar refractivity (Wildman–Crippen MR) is 83.6 cm³/mol. The lowest BCUT2D eigenvalue weighted by molar-refractivity contribution is -0.120. The van der Waals surface area contributed by atoms with Crippen LogP contribution >= 0.6 is 0 Å². The van der Waals surface area contributed by atoms with Crippen molar-refractivity contribution in [1.29, 1.82) is 0 Å². The monoisotopic (exact) mass is 328 g/mol. The van der Waals surface area contributed by atoms with Crippen molar-refractivity contribution < 1.29 is 17.6 Å². The van der Waals surface area contributed by atoms with E-state index in [0.29, 0.717) is 0 Å². The molecule has 1 N–H and O–H groups in total. The average Bonchev–Trinajstić information content (AvgIpc) is 2.46. The van der Waals surface area contributed by atoms with Crippen LogP contribution in [0.2, 0.25) is 0 Å². The van der Waals surface area contributed by atoms with Gasteiger partial charge in [0.05, 0.1) is 11.9 Å². The molecule has 122 valence electrons. The fourth-order valence-electron chi connectivity index (χ4n) is 2.69. The zero-order valence-corrected chi connectivity index (χ0v) is 13.4. The highest BCUT2D eigenvalue weighted by Crippen LogP contribution is 2.21. The largest absolute Gasteiger partial charge is 0.352 e. The topological polar surface area (TPSA) is 66.5 Å². The Bertz CT molecular complexity index is 627. The Labute approximate surface area is 130 Å². The van der Waals surface area contributed by atoms with Crippen LogP contribution in [0.5, 0.6) is 0 Å². The minimum atomic E-state index is -3.74. The van der Waals surface area contributed by atoms with Gasteiger partial charge in [-0.3, -0.25) is 9.10 Å². The van der Waals surface area contributed by atoms with Crippen molar-refractivity contribution in [2.45, 2.75) is 38.1 Å². The predicted octanol–water partition coefficient (Wildman–Crippen LogP) is 2.04. The molecule has 2 rings (SSSR count). The highest BCUT2D eigenvalue weighted by atomic mass is 32.2. The van der Waals surface area contributed by atoms with Gasteiger partial charge in [-0.2, -0.15) is 0 Å². The van der Waals surface area contributed by atoms with E-state index in [1.807, 2.05) is 0 Å². The van der Waals surface area contributed by atoms with E-state index in [-0.39, 0.29) is 11.7 Å². The summed E-state index contributed by atoms with van der Waals surface area (Å²) in [5.74, 6) is -1.07. The summed E-state index contributed by atoms with van der Waals surface area (Å²) in [6.07, 6.45) is 6.07. The molecular weight excluding hydrogens is 307 g/mol. The summed E-state index contributed by atoms with van der Waals surface area (Å²) in [7, 11) is -3.74. The van der Waals surface area contributed by atoms with Crippen molar-refractivity contribution in [3.8, 4) is 0 Å². The quantitative estimate of drug-likeness (QED) is 0.899. The van der Waals surface area contributed by atoms with Crippen LogP contribution in [-0.2, 0) is 14.8 Å². The third kappa shape index (κ3) is 4.43. The first-order chi connectivity index (χ1) is 10.4. The molecule has 5 nitrogen and oxygen atoms in total. The van der Waals surface area contributed by atoms with Gasteiger partial charge in [-0.1, -0.05) is 31.4 Å². The average molecular weight is 328 g/mol. The van der Waals surface area contributed by atoms with Crippen molar-refractivity contribution in [2.75, 3.05) is 17.1 Å². The molecule has 22 heavy (non-hydrogen) atoms. The van der Waals surface area contributed by atoms with E-state index in [9.17, 15) is 17.6 Å². The van der Waals surface area contributed by atoms with Crippen LogP contribution in [0, 0.1) is 5.82 Å². The maximum absolute atomic E-state index is 13.8. The Morgan fingerprint density at radius 2 is 1.91 bits per heavy atom. The summed E-state index contributed by atoms with van der Waals surface area (Å²) in [5.41, 5.74) is -0.108. The first-order valence-corrected chi connectivity index (χ1v) is 9.24. The van der Waals surface area contributed by atoms with Gasteiger partial charge in [-0.25, -0.2) is 12.8 Å². The molecule has 1 aromatic rings. The van der Waals surface area contributed by atoms with E-state index >= 15 is 0 Å². The van der Waals surface area contributed by atoms with E-state index in [4.69, 9.17) is 0 Å². The van der Waals surface area contributed by atoms with Crippen LogP contribution in [0.1, 0.15) is 32.1 Å². The molecule has 1 amide bonds. The Hall–Kier alpha value is -1.63. The molecule has 0 aromatic heterocycles. The molecule has 0 saturated heterocycles. The lowest BCUT2D eigenvalue weighted by atomic mass is 9.95. The number of benzene rings is 1. The number of halogens is 1. The number of nitrogens with one attached hydrogen (secondary N) is 1. The summed E-state index contributed by atoms with van der Waals surface area (Å²) in [4.78, 5) is 12.1. The molecule has 7 heteroatoms. The van der Waals surface area contributed by atoms with Crippen LogP contribution in [-0.4, -0.2) is 33.2 Å². The Morgan fingerprint density at radius 3 is 2.50 bits per heavy atom. The highest BCUT2D eigenvalue weighted by Gasteiger charge is 2.24. The zero-order chi connectivity index (χ0) is 16.2. The summed E-state index contributed by atoms with van der Waals surface area (Å²) < 4.78 is 38.4. The molecule has 0 spiro atoms. The molecular formula is C15H21FN2O3S. The Balaban J connectivity index is 2.11. The van der Waals surface area contributed by atoms with Gasteiger partial charge in [0.25, 0.3) is 0 Å². The van der Waals surface area contributed by atoms with Crippen LogP contribution in [0.3, 0.4) is 0 Å². The fraction of sp³-hybridized carbons (Fsp3) is 0.533. The fourth-order valence-corrected chi connectivity index (χ4v) is 3.54. The number of amides is 1. The number of hydrogen-bond donors (Lipinski definition) is 1. The molecule has 0 aliphatic heterocycles. The zero-order valence-electron chi connectivity index (χ0n) is 12.6. The molecule has 1 aromatic carbocycles. The van der Waals surface area contributed by atoms with Crippen LogP contribution < -0.4 is 9.62 Å². The first kappa shape index (κ1) is 16.7. The maximum Gasteiger partial charge on any atom is 0.240 e. The van der Waals surface area contributed by atoms with Crippen molar-refractivity contribution in [3.63, 3.8) is 0 Å². The summed E-state index contributed by atoms with van der Waals surface area (Å²) >= 11 is 0. The number of nitrogens with zero attached hydrogens (tertiary/aromatic N) is 1. The lowest BCUT2D eigenvalue weighted by Crippen LogP contribution is -2.44. The summed E-state index contributed by atoms with van der Waals surface area (Å²) in [6, 6.07) is 5.62. The van der Waals surface area contributed by atoms with Gasteiger partial charge < -0.3 is 5.32 Å². The number of para-hydroxylation sites is 1. The number of sulfonamides is 1. The minimum absolute atomic E-state index is 0.0864. The molecule has 0 radical (unpaired) electrons. The van der Waals surface area contributed by atoms with E-state index in [0.717, 1.165) is 42.7 Å². The van der Waals surface area contributed by atoms with Crippen LogP contribution in [0.15, 0.2) is 24.3 Å². The summed E-state index contributed by atoms with van der Waals surface area (Å²) in [6.45, 7) is -0.406. The second-order valence-electron chi connectivity index (χ2n) is 5.62. The van der Waals surface area contributed by atoms with Gasteiger partial charge in [0.1, 0.15) is 12.4 Å². The van der Waals surface area contributed by atoms with Gasteiger partial charge in [-0.15, -0.1) is 0 Å². The normalized spacial score (nSPS) is 16.3. The van der Waals surface area contributed by atoms with Crippen molar-refractivity contribution in [2.24, 2.45) is 0 Å². The second-order valence-corrected chi connectivity index (χ2v) is 7.53. The molecule has 1 aliphatic carbocycles. The van der Waals surface area contributed by atoms with Gasteiger partial charge >= 0.3 is 0 Å². The van der Waals surface area contributed by atoms with E-state index < -0.39 is 28.3 Å². The third-order valence-corrected chi connectivity index (χ3v) is 4.91. The van der Waals surface area contributed by atoms with Crippen molar-refractivity contribution in [1.82, 2.24) is 5.32 Å². The van der Waals surface area contributed by atoms with Gasteiger partial charge in [0.15, 0.2) is 0 Å². The molecule has 0 bridgehead atoms. The standard InChI is InChI=1S/C15H21FN2O3S/c1-22(20,21)18(14-10-6-5-9-13(14)16)11-15(19)17-12-7-3-2-4-8-12/h5-6,9-10,12H,2-4,7-8,11H2,1H3,(H,17,19). The molecule has 1 saturated carbocycles. The number of rotatable bonds is 5. The molecule has 0 atom stereocenters. The Kier molecular flexibility index (Phi) is 5.39. The highest BCUT2D eigenvalue weighted by molar-refractivity contribution is 7.92. The van der Waals surface area contributed by atoms with Crippen LogP contribution in [0.4, 0.5) is 10.1 Å². The number of carbonyl (C=O) groups is 1. The minimum Gasteiger partial charge on any atom is -0.352 e. The van der Waals surface area contributed by atoms with E-state index in [1.165, 1.54) is 24.3 Å². The summed E-state index contributed by atoms with van der Waals surface area (Å²) in [5, 5.41) is 2.84. The number of hydrogen-bond acceptors (Lipinski definition) is 3. The molecule has 0 heterocycles. The number of anilines is 1. The van der Waals surface area contributed by atoms with Gasteiger partial charge in [0, 0.05) is 6.04 Å². The SMILES string of the molecule is CS(=O)(=O)N(CC(=O)NC1CCCCC1)c1ccccc1F. The maximum atomic E-state index is 13.8. The van der Waals surface area contributed by atoms with E-state index in [2.05, 4.69) is 5.32 Å². The smallest absolute Gasteiger partial charge is 0.240 e. The van der Waals surface area contributed by atoms with Crippen LogP contribution in [0.25, 0.3) is 0 Å². The van der Waals surface area contributed by atoms with Crippen molar-refractivity contribution in [3.05, 3.63) is 30.1 Å².